The Morgan fingerprint density at radius 1 is 1.44 bits per heavy atom. The van der Waals surface area contributed by atoms with Gasteiger partial charge in [0.1, 0.15) is 0 Å². The zero-order valence-corrected chi connectivity index (χ0v) is 9.79. The van der Waals surface area contributed by atoms with E-state index in [9.17, 15) is 9.59 Å². The fraction of sp³-hybridized carbons (Fsp3) is 0.818. The summed E-state index contributed by atoms with van der Waals surface area (Å²) in [4.78, 5) is 22.8. The minimum Gasteiger partial charge on any atom is -0.352 e. The summed E-state index contributed by atoms with van der Waals surface area (Å²) in [6, 6.07) is 0.346. The Hall–Kier alpha value is -1.10. The third-order valence-corrected chi connectivity index (χ3v) is 2.65. The monoisotopic (exact) mass is 227 g/mol. The molecule has 5 nitrogen and oxygen atoms in total. The summed E-state index contributed by atoms with van der Waals surface area (Å²) >= 11 is 0. The molecule has 1 saturated carbocycles. The average molecular weight is 227 g/mol. The molecule has 1 aliphatic rings. The van der Waals surface area contributed by atoms with Gasteiger partial charge in [-0.15, -0.1) is 0 Å². The van der Waals surface area contributed by atoms with Crippen LogP contribution in [-0.4, -0.2) is 30.9 Å². The molecule has 0 aromatic carbocycles. The Balaban J connectivity index is 2.09. The molecule has 1 rings (SSSR count). The summed E-state index contributed by atoms with van der Waals surface area (Å²) < 4.78 is 0. The Labute approximate surface area is 96.1 Å². The third kappa shape index (κ3) is 5.11. The van der Waals surface area contributed by atoms with Crippen molar-refractivity contribution in [1.29, 1.82) is 0 Å². The van der Waals surface area contributed by atoms with Gasteiger partial charge >= 0.3 is 0 Å². The van der Waals surface area contributed by atoms with Crippen LogP contribution >= 0.6 is 0 Å². The molecule has 2 amide bonds. The van der Waals surface area contributed by atoms with Gasteiger partial charge in [-0.25, -0.2) is 0 Å². The van der Waals surface area contributed by atoms with Crippen LogP contribution in [0.3, 0.4) is 0 Å². The maximum Gasteiger partial charge on any atom is 0.239 e. The molecule has 0 aliphatic heterocycles. The number of nitrogens with one attached hydrogen (secondary N) is 2. The van der Waals surface area contributed by atoms with Crippen molar-refractivity contribution in [3.05, 3.63) is 0 Å². The predicted octanol–water partition coefficient (Wildman–Crippen LogP) is -0.244. The lowest BCUT2D eigenvalue weighted by Crippen LogP contribution is -2.39. The maximum atomic E-state index is 11.5. The molecule has 0 heterocycles. The zero-order valence-electron chi connectivity index (χ0n) is 9.79. The van der Waals surface area contributed by atoms with Gasteiger partial charge in [-0.2, -0.15) is 0 Å². The van der Waals surface area contributed by atoms with Crippen molar-refractivity contribution in [2.75, 3.05) is 13.1 Å². The summed E-state index contributed by atoms with van der Waals surface area (Å²) in [5.41, 5.74) is 5.37. The molecule has 0 aromatic rings. The third-order valence-electron chi connectivity index (χ3n) is 2.65. The van der Waals surface area contributed by atoms with Crippen LogP contribution in [0.25, 0.3) is 0 Å². The SMILES string of the molecule is CC(CCCN)C(=O)NCC(=O)NC1CC1. The number of hydrogen-bond donors (Lipinski definition) is 3. The predicted molar refractivity (Wildman–Crippen MR) is 61.6 cm³/mol. The van der Waals surface area contributed by atoms with E-state index >= 15 is 0 Å². The Morgan fingerprint density at radius 3 is 2.69 bits per heavy atom. The molecule has 1 fully saturated rings. The van der Waals surface area contributed by atoms with Crippen molar-refractivity contribution < 1.29 is 9.59 Å². The molecule has 0 saturated heterocycles. The molecule has 4 N–H and O–H groups in total. The first kappa shape index (κ1) is 13.0. The summed E-state index contributed by atoms with van der Waals surface area (Å²) in [5, 5.41) is 5.45. The molecule has 16 heavy (non-hydrogen) atoms. The van der Waals surface area contributed by atoms with Crippen LogP contribution in [0.15, 0.2) is 0 Å². The minimum atomic E-state index is -0.0955. The van der Waals surface area contributed by atoms with Gasteiger partial charge in [0.05, 0.1) is 6.54 Å². The van der Waals surface area contributed by atoms with E-state index in [0.717, 1.165) is 25.7 Å². The lowest BCUT2D eigenvalue weighted by molar-refractivity contribution is -0.128. The lowest BCUT2D eigenvalue weighted by Gasteiger charge is -2.11. The molecule has 5 heteroatoms. The van der Waals surface area contributed by atoms with Crippen LogP contribution in [0, 0.1) is 5.92 Å². The van der Waals surface area contributed by atoms with Crippen molar-refractivity contribution in [2.24, 2.45) is 11.7 Å². The first-order valence-corrected chi connectivity index (χ1v) is 5.90. The first-order valence-electron chi connectivity index (χ1n) is 5.90. The largest absolute Gasteiger partial charge is 0.352 e. The summed E-state index contributed by atoms with van der Waals surface area (Å²) in [5.74, 6) is -0.237. The number of rotatable bonds is 7. The Bertz CT molecular complexity index is 252. The second-order valence-electron chi connectivity index (χ2n) is 4.39. The normalized spacial score (nSPS) is 16.6. The molecular formula is C11H21N3O2. The van der Waals surface area contributed by atoms with E-state index in [0.29, 0.717) is 12.6 Å². The molecule has 0 bridgehead atoms. The average Bonchev–Trinajstić information content (AvgIpc) is 3.06. The van der Waals surface area contributed by atoms with Crippen LogP contribution in [0.1, 0.15) is 32.6 Å². The van der Waals surface area contributed by atoms with Crippen LogP contribution in [-0.2, 0) is 9.59 Å². The van der Waals surface area contributed by atoms with Crippen LogP contribution in [0.5, 0.6) is 0 Å². The Kier molecular flexibility index (Phi) is 5.25. The molecular weight excluding hydrogens is 206 g/mol. The van der Waals surface area contributed by atoms with Crippen molar-refractivity contribution >= 4 is 11.8 Å². The fourth-order valence-electron chi connectivity index (χ4n) is 1.40. The maximum absolute atomic E-state index is 11.5. The molecule has 92 valence electrons. The van der Waals surface area contributed by atoms with E-state index in [1.54, 1.807) is 0 Å². The standard InChI is InChI=1S/C11H21N3O2/c1-8(3-2-6-12)11(16)13-7-10(15)14-9-4-5-9/h8-9H,2-7,12H2,1H3,(H,13,16)(H,14,15). The number of carbonyl (C=O) groups excluding carboxylic acids is 2. The topological polar surface area (TPSA) is 84.2 Å². The van der Waals surface area contributed by atoms with Gasteiger partial charge in [0.2, 0.25) is 11.8 Å². The number of amides is 2. The van der Waals surface area contributed by atoms with Crippen molar-refractivity contribution in [3.63, 3.8) is 0 Å². The van der Waals surface area contributed by atoms with Gasteiger partial charge in [-0.3, -0.25) is 9.59 Å². The summed E-state index contributed by atoms with van der Waals surface area (Å²) in [7, 11) is 0. The molecule has 0 aromatic heterocycles. The Morgan fingerprint density at radius 2 is 2.12 bits per heavy atom. The van der Waals surface area contributed by atoms with Gasteiger partial charge in [0, 0.05) is 12.0 Å². The summed E-state index contributed by atoms with van der Waals surface area (Å²) in [6.07, 6.45) is 3.73. The lowest BCUT2D eigenvalue weighted by atomic mass is 10.1. The van der Waals surface area contributed by atoms with Gasteiger partial charge < -0.3 is 16.4 Å². The van der Waals surface area contributed by atoms with E-state index in [1.807, 2.05) is 6.92 Å². The summed E-state index contributed by atoms with van der Waals surface area (Å²) in [6.45, 7) is 2.53. The van der Waals surface area contributed by atoms with Gasteiger partial charge in [-0.05, 0) is 32.2 Å². The van der Waals surface area contributed by atoms with Crippen molar-refractivity contribution in [3.8, 4) is 0 Å². The molecule has 1 unspecified atom stereocenters. The first-order chi connectivity index (χ1) is 7.63. The smallest absolute Gasteiger partial charge is 0.239 e. The second-order valence-corrected chi connectivity index (χ2v) is 4.39. The van der Waals surface area contributed by atoms with Crippen LogP contribution in [0.2, 0.25) is 0 Å². The highest BCUT2D eigenvalue weighted by Crippen LogP contribution is 2.18. The zero-order chi connectivity index (χ0) is 12.0. The van der Waals surface area contributed by atoms with E-state index in [1.165, 1.54) is 0 Å². The van der Waals surface area contributed by atoms with Gasteiger partial charge in [0.25, 0.3) is 0 Å². The van der Waals surface area contributed by atoms with E-state index in [2.05, 4.69) is 10.6 Å². The van der Waals surface area contributed by atoms with E-state index < -0.39 is 0 Å². The second kappa shape index (κ2) is 6.48. The van der Waals surface area contributed by atoms with Gasteiger partial charge in [-0.1, -0.05) is 6.92 Å². The number of carbonyl (C=O) groups is 2. The van der Waals surface area contributed by atoms with E-state index in [4.69, 9.17) is 5.73 Å². The number of nitrogens with two attached hydrogens (primary N) is 1. The van der Waals surface area contributed by atoms with E-state index in [-0.39, 0.29) is 24.3 Å². The van der Waals surface area contributed by atoms with Crippen LogP contribution < -0.4 is 16.4 Å². The molecule has 0 radical (unpaired) electrons. The fourth-order valence-corrected chi connectivity index (χ4v) is 1.40. The number of hydrogen-bond acceptors (Lipinski definition) is 3. The van der Waals surface area contributed by atoms with Crippen molar-refractivity contribution in [2.45, 2.75) is 38.6 Å². The quantitative estimate of drug-likeness (QED) is 0.561. The highest BCUT2D eigenvalue weighted by atomic mass is 16.2. The van der Waals surface area contributed by atoms with Crippen molar-refractivity contribution in [1.82, 2.24) is 10.6 Å². The highest BCUT2D eigenvalue weighted by molar-refractivity contribution is 5.85. The van der Waals surface area contributed by atoms with Crippen LogP contribution in [0.4, 0.5) is 0 Å². The molecule has 0 spiro atoms. The van der Waals surface area contributed by atoms with Gasteiger partial charge in [0.15, 0.2) is 0 Å². The molecule has 1 aliphatic carbocycles. The molecule has 1 atom stereocenters. The highest BCUT2D eigenvalue weighted by Gasteiger charge is 2.23. The minimum absolute atomic E-state index is 0.0700.